The van der Waals surface area contributed by atoms with Crippen LogP contribution in [0.5, 0.6) is 5.75 Å². The van der Waals surface area contributed by atoms with Gasteiger partial charge in [-0.1, -0.05) is 37.1 Å². The maximum absolute atomic E-state index is 14.5. The fourth-order valence-electron chi connectivity index (χ4n) is 7.87. The number of ether oxygens (including phenoxy) is 1. The highest BCUT2D eigenvalue weighted by atomic mass is 16.5. The maximum atomic E-state index is 14.5. The summed E-state index contributed by atoms with van der Waals surface area (Å²) in [5.41, 5.74) is 2.95. The van der Waals surface area contributed by atoms with E-state index < -0.39 is 29.7 Å². The predicted molar refractivity (Wildman–Crippen MR) is 175 cm³/mol. The molecule has 0 spiro atoms. The molecule has 1 aromatic heterocycles. The summed E-state index contributed by atoms with van der Waals surface area (Å²) in [6.07, 6.45) is 7.03. The largest absolute Gasteiger partial charge is 0.488 e. The van der Waals surface area contributed by atoms with Crippen molar-refractivity contribution < 1.29 is 28.7 Å². The van der Waals surface area contributed by atoms with Gasteiger partial charge in [0.15, 0.2) is 0 Å². The Labute approximate surface area is 279 Å². The Hall–Kier alpha value is -5.06. The number of aromatic nitrogens is 1. The number of imide groups is 1. The summed E-state index contributed by atoms with van der Waals surface area (Å²) in [4.78, 5) is 76.6. The van der Waals surface area contributed by atoms with Crippen molar-refractivity contribution in [2.45, 2.75) is 50.7 Å². The van der Waals surface area contributed by atoms with Crippen LogP contribution >= 0.6 is 0 Å². The standard InChI is InChI=1S/C37H39N5O6/c1-38-33(43)26-10-2-3-11-27(26)35(45)41-19-15-23-8-6-14-31(48-25-16-18-40(21-25)34(44)24-9-7-17-39-20-24)32(23)30(41)22-42-36(46)28-12-4-5-13-29(28)37(42)47/h4-9,12-14,17,20,25-27,30H,2-3,10-11,15-16,18-19,21-22H2,1H3,(H,38,43)/t25-,26-,27+,30?/m0/s1. The lowest BCUT2D eigenvalue weighted by Gasteiger charge is -2.43. The zero-order valence-electron chi connectivity index (χ0n) is 27.0. The molecular weight excluding hydrogens is 610 g/mol. The van der Waals surface area contributed by atoms with E-state index in [1.54, 1.807) is 65.6 Å². The molecule has 0 bridgehead atoms. The van der Waals surface area contributed by atoms with Crippen LogP contribution < -0.4 is 10.1 Å². The number of hydrogen-bond donors (Lipinski definition) is 1. The molecule has 7 rings (SSSR count). The molecule has 3 aliphatic heterocycles. The Kier molecular flexibility index (Phi) is 8.68. The molecule has 0 radical (unpaired) electrons. The second kappa shape index (κ2) is 13.2. The Morgan fingerprint density at radius 2 is 1.65 bits per heavy atom. The minimum Gasteiger partial charge on any atom is -0.488 e. The van der Waals surface area contributed by atoms with E-state index in [0.717, 1.165) is 24.0 Å². The maximum Gasteiger partial charge on any atom is 0.261 e. The molecule has 11 nitrogen and oxygen atoms in total. The predicted octanol–water partition coefficient (Wildman–Crippen LogP) is 3.65. The van der Waals surface area contributed by atoms with Crippen LogP contribution in [0.15, 0.2) is 67.0 Å². The number of nitrogens with zero attached hydrogens (tertiary/aromatic N) is 4. The van der Waals surface area contributed by atoms with Crippen LogP contribution in [0.3, 0.4) is 0 Å². The van der Waals surface area contributed by atoms with Gasteiger partial charge in [-0.2, -0.15) is 0 Å². The van der Waals surface area contributed by atoms with E-state index in [4.69, 9.17) is 4.74 Å². The van der Waals surface area contributed by atoms with Gasteiger partial charge in [-0.3, -0.25) is 33.9 Å². The number of pyridine rings is 1. The monoisotopic (exact) mass is 649 g/mol. The molecule has 2 aromatic carbocycles. The highest BCUT2D eigenvalue weighted by Crippen LogP contribution is 2.42. The van der Waals surface area contributed by atoms with Gasteiger partial charge in [0, 0.05) is 56.4 Å². The van der Waals surface area contributed by atoms with Crippen molar-refractivity contribution >= 4 is 29.5 Å². The van der Waals surface area contributed by atoms with E-state index in [-0.39, 0.29) is 30.4 Å². The zero-order valence-corrected chi connectivity index (χ0v) is 27.0. The SMILES string of the molecule is CNC(=O)[C@H]1CCCC[C@H]1C(=O)N1CCc2cccc(O[C@H]3CCN(C(=O)c4cccnc4)C3)c2C1CN1C(=O)c2ccccc2C1=O. The van der Waals surface area contributed by atoms with E-state index in [0.29, 0.717) is 67.8 Å². The zero-order chi connectivity index (χ0) is 33.4. The second-order valence-corrected chi connectivity index (χ2v) is 13.0. The van der Waals surface area contributed by atoms with Crippen LogP contribution in [0.2, 0.25) is 0 Å². The molecule has 1 saturated carbocycles. The van der Waals surface area contributed by atoms with Crippen LogP contribution in [-0.2, 0) is 16.0 Å². The van der Waals surface area contributed by atoms with E-state index in [1.807, 2.05) is 18.2 Å². The number of benzene rings is 2. The molecule has 4 heterocycles. The molecule has 1 N–H and O–H groups in total. The van der Waals surface area contributed by atoms with Crippen molar-refractivity contribution in [1.29, 1.82) is 0 Å². The summed E-state index contributed by atoms with van der Waals surface area (Å²) in [6.45, 7) is 1.26. The average molecular weight is 650 g/mol. The molecule has 1 unspecified atom stereocenters. The lowest BCUT2D eigenvalue weighted by atomic mass is 9.77. The number of carbonyl (C=O) groups is 5. The molecule has 4 atom stereocenters. The second-order valence-electron chi connectivity index (χ2n) is 13.0. The van der Waals surface area contributed by atoms with Gasteiger partial charge in [0.2, 0.25) is 11.8 Å². The quantitative estimate of drug-likeness (QED) is 0.387. The average Bonchev–Trinajstić information content (AvgIpc) is 3.69. The minimum atomic E-state index is -0.679. The van der Waals surface area contributed by atoms with Gasteiger partial charge in [0.05, 0.1) is 35.8 Å². The van der Waals surface area contributed by atoms with Gasteiger partial charge >= 0.3 is 0 Å². The third-order valence-corrected chi connectivity index (χ3v) is 10.3. The molecule has 3 aromatic rings. The van der Waals surface area contributed by atoms with Gasteiger partial charge < -0.3 is 19.9 Å². The molecule has 48 heavy (non-hydrogen) atoms. The van der Waals surface area contributed by atoms with E-state index in [9.17, 15) is 24.0 Å². The Morgan fingerprint density at radius 1 is 0.896 bits per heavy atom. The summed E-state index contributed by atoms with van der Waals surface area (Å²) in [5.74, 6) is -1.55. The smallest absolute Gasteiger partial charge is 0.261 e. The van der Waals surface area contributed by atoms with Crippen LogP contribution in [0.25, 0.3) is 0 Å². The van der Waals surface area contributed by atoms with E-state index >= 15 is 0 Å². The molecular formula is C37H39N5O6. The van der Waals surface area contributed by atoms with Crippen LogP contribution in [0, 0.1) is 11.8 Å². The van der Waals surface area contributed by atoms with E-state index in [2.05, 4.69) is 10.3 Å². The summed E-state index contributed by atoms with van der Waals surface area (Å²) >= 11 is 0. The topological polar surface area (TPSA) is 129 Å². The lowest BCUT2D eigenvalue weighted by Crippen LogP contribution is -2.51. The molecule has 248 valence electrons. The van der Waals surface area contributed by atoms with E-state index in [1.165, 1.54) is 4.90 Å². The summed E-state index contributed by atoms with van der Waals surface area (Å²) in [7, 11) is 1.60. The normalized spacial score (nSPS) is 23.5. The lowest BCUT2D eigenvalue weighted by molar-refractivity contribution is -0.146. The third kappa shape index (κ3) is 5.71. The van der Waals surface area contributed by atoms with Gasteiger partial charge in [-0.15, -0.1) is 0 Å². The van der Waals surface area contributed by atoms with Gasteiger partial charge in [-0.25, -0.2) is 0 Å². The van der Waals surface area contributed by atoms with Gasteiger partial charge in [0.1, 0.15) is 11.9 Å². The van der Waals surface area contributed by atoms with Crippen LogP contribution in [0.4, 0.5) is 0 Å². The van der Waals surface area contributed by atoms with Crippen molar-refractivity contribution in [2.75, 3.05) is 33.2 Å². The molecule has 2 fully saturated rings. The first-order valence-electron chi connectivity index (χ1n) is 16.8. The number of fused-ring (bicyclic) bond motifs is 2. The number of rotatable bonds is 7. The summed E-state index contributed by atoms with van der Waals surface area (Å²) < 4.78 is 6.65. The highest BCUT2D eigenvalue weighted by Gasteiger charge is 2.45. The minimum absolute atomic E-state index is 0.0426. The molecule has 11 heteroatoms. The van der Waals surface area contributed by atoms with Crippen molar-refractivity contribution in [3.63, 3.8) is 0 Å². The summed E-state index contributed by atoms with van der Waals surface area (Å²) in [5, 5.41) is 2.74. The Balaban J connectivity index is 1.21. The number of carbonyl (C=O) groups excluding carboxylic acids is 5. The summed E-state index contributed by atoms with van der Waals surface area (Å²) in [6, 6.07) is 15.3. The molecule has 5 amide bonds. The Bertz CT molecular complexity index is 1730. The van der Waals surface area contributed by atoms with Crippen molar-refractivity contribution in [3.8, 4) is 5.75 Å². The van der Waals surface area contributed by atoms with Crippen molar-refractivity contribution in [3.05, 3.63) is 94.8 Å². The number of likely N-dealkylation sites (tertiary alicyclic amines) is 1. The van der Waals surface area contributed by atoms with Crippen molar-refractivity contribution in [1.82, 2.24) is 25.0 Å². The number of amides is 5. The first-order valence-corrected chi connectivity index (χ1v) is 16.8. The number of nitrogens with one attached hydrogen (secondary N) is 1. The molecule has 1 aliphatic carbocycles. The first kappa shape index (κ1) is 31.5. The molecule has 4 aliphatic rings. The number of hydrogen-bond acceptors (Lipinski definition) is 7. The molecule has 1 saturated heterocycles. The third-order valence-electron chi connectivity index (χ3n) is 10.3. The van der Waals surface area contributed by atoms with Crippen LogP contribution in [-0.4, -0.2) is 88.6 Å². The Morgan fingerprint density at radius 3 is 2.35 bits per heavy atom. The van der Waals surface area contributed by atoms with Crippen LogP contribution in [0.1, 0.15) is 80.3 Å². The van der Waals surface area contributed by atoms with Gasteiger partial charge in [0.25, 0.3) is 17.7 Å². The van der Waals surface area contributed by atoms with Gasteiger partial charge in [-0.05, 0) is 55.2 Å². The fraction of sp³-hybridized carbons (Fsp3) is 0.405. The first-order chi connectivity index (χ1) is 23.4. The fourth-order valence-corrected chi connectivity index (χ4v) is 7.87. The highest BCUT2D eigenvalue weighted by molar-refractivity contribution is 6.21. The van der Waals surface area contributed by atoms with Crippen molar-refractivity contribution in [2.24, 2.45) is 11.8 Å².